The fourth-order valence-electron chi connectivity index (χ4n) is 1.85. The van der Waals surface area contributed by atoms with E-state index in [1.54, 1.807) is 0 Å². The fourth-order valence-corrected chi connectivity index (χ4v) is 2.44. The van der Waals surface area contributed by atoms with Gasteiger partial charge in [-0.15, -0.1) is 10.2 Å². The van der Waals surface area contributed by atoms with Gasteiger partial charge in [-0.3, -0.25) is 10.1 Å². The standard InChI is InChI=1S/C10H16N4OS/c1-6-3-4-11-8(5-6)9(15)12-10-14-13-7(2)16-10/h6,8,11H,3-5H2,1-2H3,(H,12,14,15). The van der Waals surface area contributed by atoms with Gasteiger partial charge in [0.1, 0.15) is 5.01 Å². The second-order valence-electron chi connectivity index (χ2n) is 4.25. The topological polar surface area (TPSA) is 66.9 Å². The SMILES string of the molecule is Cc1nnc(NC(=O)C2CC(C)CCN2)s1. The summed E-state index contributed by atoms with van der Waals surface area (Å²) in [5, 5.41) is 15.2. The molecular formula is C10H16N4OS. The Hall–Kier alpha value is -1.01. The molecule has 2 unspecified atom stereocenters. The summed E-state index contributed by atoms with van der Waals surface area (Å²) >= 11 is 1.40. The van der Waals surface area contributed by atoms with Gasteiger partial charge in [0.05, 0.1) is 6.04 Å². The van der Waals surface area contributed by atoms with E-state index in [0.717, 1.165) is 24.4 Å². The zero-order valence-corrected chi connectivity index (χ0v) is 10.3. The molecule has 2 rings (SSSR count). The average Bonchev–Trinajstić information content (AvgIpc) is 2.64. The number of rotatable bonds is 2. The Morgan fingerprint density at radius 2 is 2.38 bits per heavy atom. The molecule has 2 N–H and O–H groups in total. The van der Waals surface area contributed by atoms with E-state index in [1.807, 2.05) is 6.92 Å². The summed E-state index contributed by atoms with van der Waals surface area (Å²) in [7, 11) is 0. The lowest BCUT2D eigenvalue weighted by atomic mass is 9.94. The number of anilines is 1. The van der Waals surface area contributed by atoms with Crippen molar-refractivity contribution in [3.8, 4) is 0 Å². The van der Waals surface area contributed by atoms with E-state index in [4.69, 9.17) is 0 Å². The maximum absolute atomic E-state index is 11.9. The molecular weight excluding hydrogens is 224 g/mol. The molecule has 0 aromatic carbocycles. The number of nitrogens with zero attached hydrogens (tertiary/aromatic N) is 2. The third-order valence-corrected chi connectivity index (χ3v) is 3.49. The normalized spacial score (nSPS) is 25.4. The summed E-state index contributed by atoms with van der Waals surface area (Å²) in [6.07, 6.45) is 2.03. The lowest BCUT2D eigenvalue weighted by Crippen LogP contribution is -2.45. The van der Waals surface area contributed by atoms with Crippen molar-refractivity contribution in [2.75, 3.05) is 11.9 Å². The van der Waals surface area contributed by atoms with Crippen LogP contribution < -0.4 is 10.6 Å². The van der Waals surface area contributed by atoms with Crippen molar-refractivity contribution in [1.29, 1.82) is 0 Å². The van der Waals surface area contributed by atoms with Gasteiger partial charge in [-0.25, -0.2) is 0 Å². The quantitative estimate of drug-likeness (QED) is 0.814. The van der Waals surface area contributed by atoms with Crippen LogP contribution in [0.4, 0.5) is 5.13 Å². The van der Waals surface area contributed by atoms with Gasteiger partial charge in [0.2, 0.25) is 11.0 Å². The van der Waals surface area contributed by atoms with Gasteiger partial charge >= 0.3 is 0 Å². The Kier molecular flexibility index (Phi) is 3.50. The van der Waals surface area contributed by atoms with E-state index < -0.39 is 0 Å². The molecule has 6 heteroatoms. The molecule has 1 amide bonds. The highest BCUT2D eigenvalue weighted by Gasteiger charge is 2.25. The van der Waals surface area contributed by atoms with Crippen LogP contribution in [0.25, 0.3) is 0 Å². The summed E-state index contributed by atoms with van der Waals surface area (Å²) in [6, 6.07) is -0.0899. The maximum Gasteiger partial charge on any atom is 0.243 e. The second kappa shape index (κ2) is 4.88. The molecule has 0 aliphatic carbocycles. The number of nitrogens with one attached hydrogen (secondary N) is 2. The first-order valence-corrected chi connectivity index (χ1v) is 6.31. The molecule has 16 heavy (non-hydrogen) atoms. The fraction of sp³-hybridized carbons (Fsp3) is 0.700. The number of aromatic nitrogens is 2. The van der Waals surface area contributed by atoms with Gasteiger partial charge in [-0.2, -0.15) is 0 Å². The highest BCUT2D eigenvalue weighted by Crippen LogP contribution is 2.18. The van der Waals surface area contributed by atoms with Crippen molar-refractivity contribution in [3.63, 3.8) is 0 Å². The minimum absolute atomic E-state index is 0.00250. The van der Waals surface area contributed by atoms with Gasteiger partial charge in [0.15, 0.2) is 0 Å². The third-order valence-electron chi connectivity index (χ3n) is 2.74. The monoisotopic (exact) mass is 240 g/mol. The van der Waals surface area contributed by atoms with Crippen molar-refractivity contribution in [2.45, 2.75) is 32.7 Å². The predicted octanol–water partition coefficient (Wildman–Crippen LogP) is 1.17. The van der Waals surface area contributed by atoms with Gasteiger partial charge in [-0.05, 0) is 32.2 Å². The predicted molar refractivity (Wildman–Crippen MR) is 63.5 cm³/mol. The van der Waals surface area contributed by atoms with Gasteiger partial charge in [0.25, 0.3) is 0 Å². The van der Waals surface area contributed by atoms with Crippen LogP contribution >= 0.6 is 11.3 Å². The summed E-state index contributed by atoms with van der Waals surface area (Å²) in [5.74, 6) is 0.607. The van der Waals surface area contributed by atoms with Crippen molar-refractivity contribution in [2.24, 2.45) is 5.92 Å². The molecule has 1 aliphatic heterocycles. The highest BCUT2D eigenvalue weighted by molar-refractivity contribution is 7.15. The van der Waals surface area contributed by atoms with Crippen molar-refractivity contribution < 1.29 is 4.79 Å². The second-order valence-corrected chi connectivity index (χ2v) is 5.43. The summed E-state index contributed by atoms with van der Waals surface area (Å²) in [6.45, 7) is 4.96. The molecule has 0 radical (unpaired) electrons. The van der Waals surface area contributed by atoms with Crippen LogP contribution in [0.5, 0.6) is 0 Å². The molecule has 1 aromatic rings. The first-order chi connectivity index (χ1) is 7.65. The Bertz CT molecular complexity index is 379. The Morgan fingerprint density at radius 3 is 3.00 bits per heavy atom. The molecule has 2 heterocycles. The summed E-state index contributed by atoms with van der Waals surface area (Å²) < 4.78 is 0. The first kappa shape index (κ1) is 11.5. The van der Waals surface area contributed by atoms with Gasteiger partial charge in [0, 0.05) is 0 Å². The largest absolute Gasteiger partial charge is 0.306 e. The van der Waals surface area contributed by atoms with Crippen molar-refractivity contribution in [1.82, 2.24) is 15.5 Å². The van der Waals surface area contributed by atoms with Crippen LogP contribution in [0.3, 0.4) is 0 Å². The number of aryl methyl sites for hydroxylation is 1. The number of amides is 1. The zero-order chi connectivity index (χ0) is 11.5. The minimum atomic E-state index is -0.0899. The van der Waals surface area contributed by atoms with Gasteiger partial charge in [-0.1, -0.05) is 18.3 Å². The van der Waals surface area contributed by atoms with Crippen LogP contribution in [-0.4, -0.2) is 28.7 Å². The van der Waals surface area contributed by atoms with Crippen molar-refractivity contribution in [3.05, 3.63) is 5.01 Å². The number of carbonyl (C=O) groups excluding carboxylic acids is 1. The molecule has 5 nitrogen and oxygen atoms in total. The lowest BCUT2D eigenvalue weighted by molar-refractivity contribution is -0.119. The van der Waals surface area contributed by atoms with Crippen LogP contribution in [-0.2, 0) is 4.79 Å². The van der Waals surface area contributed by atoms with E-state index in [-0.39, 0.29) is 11.9 Å². The molecule has 0 saturated carbocycles. The Morgan fingerprint density at radius 1 is 1.56 bits per heavy atom. The highest BCUT2D eigenvalue weighted by atomic mass is 32.1. The average molecular weight is 240 g/mol. The van der Waals surface area contributed by atoms with Crippen LogP contribution in [0.2, 0.25) is 0 Å². The number of piperidine rings is 1. The molecule has 1 aliphatic rings. The molecule has 1 aromatic heterocycles. The summed E-state index contributed by atoms with van der Waals surface area (Å²) in [4.78, 5) is 11.9. The Labute approximate surface area is 98.7 Å². The minimum Gasteiger partial charge on any atom is -0.306 e. The molecule has 88 valence electrons. The summed E-state index contributed by atoms with van der Waals surface area (Å²) in [5.41, 5.74) is 0. The number of carbonyl (C=O) groups is 1. The number of hydrogen-bond donors (Lipinski definition) is 2. The van der Waals surface area contributed by atoms with E-state index >= 15 is 0 Å². The lowest BCUT2D eigenvalue weighted by Gasteiger charge is -2.26. The van der Waals surface area contributed by atoms with Gasteiger partial charge < -0.3 is 5.32 Å². The molecule has 0 bridgehead atoms. The van der Waals surface area contributed by atoms with E-state index in [1.165, 1.54) is 11.3 Å². The third kappa shape index (κ3) is 2.76. The molecule has 2 atom stereocenters. The molecule has 1 saturated heterocycles. The van der Waals surface area contributed by atoms with E-state index in [2.05, 4.69) is 27.8 Å². The maximum atomic E-state index is 11.9. The Balaban J connectivity index is 1.92. The van der Waals surface area contributed by atoms with Crippen LogP contribution in [0.1, 0.15) is 24.8 Å². The first-order valence-electron chi connectivity index (χ1n) is 5.49. The van der Waals surface area contributed by atoms with E-state index in [9.17, 15) is 4.79 Å². The molecule has 1 fully saturated rings. The zero-order valence-electron chi connectivity index (χ0n) is 9.49. The number of hydrogen-bond acceptors (Lipinski definition) is 5. The van der Waals surface area contributed by atoms with E-state index in [0.29, 0.717) is 11.0 Å². The van der Waals surface area contributed by atoms with Crippen molar-refractivity contribution >= 4 is 22.4 Å². The van der Waals surface area contributed by atoms with Crippen LogP contribution in [0, 0.1) is 12.8 Å². The van der Waals surface area contributed by atoms with Crippen LogP contribution in [0.15, 0.2) is 0 Å². The molecule has 0 spiro atoms. The smallest absolute Gasteiger partial charge is 0.243 e.